The van der Waals surface area contributed by atoms with E-state index in [4.69, 9.17) is 0 Å². The Labute approximate surface area is 161 Å². The summed E-state index contributed by atoms with van der Waals surface area (Å²) < 4.78 is 0. The maximum absolute atomic E-state index is 4.54. The summed E-state index contributed by atoms with van der Waals surface area (Å²) in [6.07, 6.45) is 3.71. The van der Waals surface area contributed by atoms with Gasteiger partial charge in [0.1, 0.15) is 17.0 Å². The summed E-state index contributed by atoms with van der Waals surface area (Å²) in [5, 5.41) is 6.75. The van der Waals surface area contributed by atoms with Crippen LogP contribution < -0.4 is 5.32 Å². The quantitative estimate of drug-likeness (QED) is 0.415. The molecule has 2 aromatic heterocycles. The van der Waals surface area contributed by atoms with Gasteiger partial charge in [-0.05, 0) is 49.4 Å². The smallest absolute Gasteiger partial charge is 0.143 e. The number of nitrogens with one attached hydrogen (secondary N) is 1. The summed E-state index contributed by atoms with van der Waals surface area (Å²) in [6, 6.07) is 14.9. The SMILES string of the molecule is CSc1cccc(Nc2ncnc3scc(-c4ccc(C)cc4C)c23)c1. The van der Waals surface area contributed by atoms with Gasteiger partial charge in [-0.3, -0.25) is 0 Å². The molecule has 0 atom stereocenters. The van der Waals surface area contributed by atoms with Gasteiger partial charge < -0.3 is 5.32 Å². The third-order valence-corrected chi connectivity index (χ3v) is 5.99. The van der Waals surface area contributed by atoms with Gasteiger partial charge in [0.25, 0.3) is 0 Å². The molecule has 0 saturated heterocycles. The summed E-state index contributed by atoms with van der Waals surface area (Å²) in [5.41, 5.74) is 6.00. The lowest BCUT2D eigenvalue weighted by Gasteiger charge is -2.11. The summed E-state index contributed by atoms with van der Waals surface area (Å²) >= 11 is 3.39. The first kappa shape index (κ1) is 17.1. The third kappa shape index (κ3) is 3.20. The number of rotatable bonds is 4. The van der Waals surface area contributed by atoms with E-state index in [0.29, 0.717) is 0 Å². The topological polar surface area (TPSA) is 37.8 Å². The summed E-state index contributed by atoms with van der Waals surface area (Å²) in [5.74, 6) is 0.851. The Morgan fingerprint density at radius 2 is 1.88 bits per heavy atom. The predicted molar refractivity (Wildman–Crippen MR) is 114 cm³/mol. The van der Waals surface area contributed by atoms with E-state index in [1.807, 2.05) is 0 Å². The Hall–Kier alpha value is -2.37. The Morgan fingerprint density at radius 3 is 2.69 bits per heavy atom. The fourth-order valence-corrected chi connectivity index (χ4v) is 4.49. The molecule has 5 heteroatoms. The standard InChI is InChI=1S/C21H19N3S2/c1-13-7-8-17(14(2)9-13)18-11-26-21-19(18)20(22-12-23-21)24-15-5-4-6-16(10-15)25-3/h4-12H,1-3H3,(H,22,23,24). The highest BCUT2D eigenvalue weighted by Gasteiger charge is 2.15. The molecule has 4 rings (SSSR count). The highest BCUT2D eigenvalue weighted by atomic mass is 32.2. The summed E-state index contributed by atoms with van der Waals surface area (Å²) in [4.78, 5) is 11.2. The van der Waals surface area contributed by atoms with Crippen LogP contribution in [0.3, 0.4) is 0 Å². The van der Waals surface area contributed by atoms with Crippen LogP contribution in [0.25, 0.3) is 21.3 Å². The van der Waals surface area contributed by atoms with Gasteiger partial charge >= 0.3 is 0 Å². The Morgan fingerprint density at radius 1 is 1.00 bits per heavy atom. The van der Waals surface area contributed by atoms with Gasteiger partial charge in [0.2, 0.25) is 0 Å². The van der Waals surface area contributed by atoms with E-state index >= 15 is 0 Å². The average molecular weight is 378 g/mol. The van der Waals surface area contributed by atoms with Crippen LogP contribution in [0, 0.1) is 13.8 Å². The number of thiophene rings is 1. The molecular formula is C21H19N3S2. The molecule has 4 aromatic rings. The highest BCUT2D eigenvalue weighted by molar-refractivity contribution is 7.98. The number of fused-ring (bicyclic) bond motifs is 1. The van der Waals surface area contributed by atoms with Gasteiger partial charge in [-0.15, -0.1) is 23.1 Å². The molecule has 3 nitrogen and oxygen atoms in total. The second-order valence-electron chi connectivity index (χ2n) is 6.23. The minimum atomic E-state index is 0.851. The molecule has 130 valence electrons. The Bertz CT molecular complexity index is 1090. The van der Waals surface area contributed by atoms with E-state index in [0.717, 1.165) is 21.7 Å². The van der Waals surface area contributed by atoms with Gasteiger partial charge in [0, 0.05) is 21.5 Å². The van der Waals surface area contributed by atoms with Crippen molar-refractivity contribution >= 4 is 44.8 Å². The zero-order chi connectivity index (χ0) is 18.1. The molecule has 2 heterocycles. The molecule has 0 bridgehead atoms. The zero-order valence-electron chi connectivity index (χ0n) is 14.9. The first-order valence-electron chi connectivity index (χ1n) is 8.36. The molecule has 0 amide bonds. The maximum Gasteiger partial charge on any atom is 0.143 e. The van der Waals surface area contributed by atoms with E-state index in [1.165, 1.54) is 27.1 Å². The third-order valence-electron chi connectivity index (χ3n) is 4.37. The van der Waals surface area contributed by atoms with Crippen LogP contribution in [-0.4, -0.2) is 16.2 Å². The molecule has 0 spiro atoms. The van der Waals surface area contributed by atoms with E-state index in [2.05, 4.69) is 83.2 Å². The average Bonchev–Trinajstić information content (AvgIpc) is 3.07. The van der Waals surface area contributed by atoms with E-state index < -0.39 is 0 Å². The molecule has 0 unspecified atom stereocenters. The predicted octanol–water partition coefficient (Wildman–Crippen LogP) is 6.44. The van der Waals surface area contributed by atoms with Gasteiger partial charge in [-0.2, -0.15) is 0 Å². The van der Waals surface area contributed by atoms with Crippen molar-refractivity contribution < 1.29 is 0 Å². The zero-order valence-corrected chi connectivity index (χ0v) is 16.5. The number of aromatic nitrogens is 2. The van der Waals surface area contributed by atoms with Gasteiger partial charge in [0.15, 0.2) is 0 Å². The highest BCUT2D eigenvalue weighted by Crippen LogP contribution is 2.39. The Balaban J connectivity index is 1.84. The van der Waals surface area contributed by atoms with Gasteiger partial charge in [-0.25, -0.2) is 9.97 Å². The van der Waals surface area contributed by atoms with Crippen molar-refractivity contribution in [2.45, 2.75) is 18.7 Å². The molecule has 0 aliphatic carbocycles. The molecule has 2 aromatic carbocycles. The number of hydrogen-bond acceptors (Lipinski definition) is 5. The number of anilines is 2. The van der Waals surface area contributed by atoms with Crippen LogP contribution in [0.4, 0.5) is 11.5 Å². The van der Waals surface area contributed by atoms with Gasteiger partial charge in [0.05, 0.1) is 5.39 Å². The van der Waals surface area contributed by atoms with Crippen LogP contribution in [0.5, 0.6) is 0 Å². The van der Waals surface area contributed by atoms with E-state index in [-0.39, 0.29) is 0 Å². The number of thioether (sulfide) groups is 1. The van der Waals surface area contributed by atoms with Crippen LogP contribution in [0.2, 0.25) is 0 Å². The van der Waals surface area contributed by atoms with Crippen LogP contribution in [0.15, 0.2) is 59.1 Å². The molecule has 0 radical (unpaired) electrons. The fourth-order valence-electron chi connectivity index (χ4n) is 3.12. The van der Waals surface area contributed by atoms with Crippen LogP contribution >= 0.6 is 23.1 Å². The van der Waals surface area contributed by atoms with Gasteiger partial charge in [-0.1, -0.05) is 29.8 Å². The molecule has 1 N–H and O–H groups in total. The van der Waals surface area contributed by atoms with Crippen molar-refractivity contribution in [3.05, 3.63) is 65.3 Å². The first-order valence-corrected chi connectivity index (χ1v) is 10.5. The number of hydrogen-bond donors (Lipinski definition) is 1. The second kappa shape index (κ2) is 7.09. The minimum absolute atomic E-state index is 0.851. The molecule has 26 heavy (non-hydrogen) atoms. The molecular weight excluding hydrogens is 358 g/mol. The maximum atomic E-state index is 4.54. The minimum Gasteiger partial charge on any atom is -0.340 e. The molecule has 0 fully saturated rings. The second-order valence-corrected chi connectivity index (χ2v) is 7.96. The van der Waals surface area contributed by atoms with E-state index in [9.17, 15) is 0 Å². The molecule has 0 saturated carbocycles. The lowest BCUT2D eigenvalue weighted by molar-refractivity contribution is 1.23. The fraction of sp³-hybridized carbons (Fsp3) is 0.143. The van der Waals surface area contributed by atoms with Crippen LogP contribution in [0.1, 0.15) is 11.1 Å². The normalized spacial score (nSPS) is 11.0. The Kier molecular flexibility index (Phi) is 4.66. The van der Waals surface area contributed by atoms with Crippen molar-refractivity contribution in [2.75, 3.05) is 11.6 Å². The lowest BCUT2D eigenvalue weighted by atomic mass is 9.99. The molecule has 0 aliphatic heterocycles. The van der Waals surface area contributed by atoms with E-state index in [1.54, 1.807) is 29.4 Å². The molecule has 0 aliphatic rings. The van der Waals surface area contributed by atoms with Crippen molar-refractivity contribution in [3.8, 4) is 11.1 Å². The first-order chi connectivity index (χ1) is 12.7. The summed E-state index contributed by atoms with van der Waals surface area (Å²) in [7, 11) is 0. The number of benzene rings is 2. The largest absolute Gasteiger partial charge is 0.340 e. The van der Waals surface area contributed by atoms with Crippen LogP contribution in [-0.2, 0) is 0 Å². The lowest BCUT2D eigenvalue weighted by Crippen LogP contribution is -1.96. The van der Waals surface area contributed by atoms with Crippen molar-refractivity contribution in [1.29, 1.82) is 0 Å². The van der Waals surface area contributed by atoms with Crippen molar-refractivity contribution in [2.24, 2.45) is 0 Å². The van der Waals surface area contributed by atoms with Crippen molar-refractivity contribution in [3.63, 3.8) is 0 Å². The monoisotopic (exact) mass is 377 g/mol. The van der Waals surface area contributed by atoms with Crippen molar-refractivity contribution in [1.82, 2.24) is 9.97 Å². The number of aryl methyl sites for hydroxylation is 2. The summed E-state index contributed by atoms with van der Waals surface area (Å²) in [6.45, 7) is 4.28. The number of nitrogens with zero attached hydrogens (tertiary/aromatic N) is 2.